The Hall–Kier alpha value is -2.60. The van der Waals surface area contributed by atoms with Crippen LogP contribution in [0, 0.1) is 0 Å². The molecular formula is C19H16BrNO4. The van der Waals surface area contributed by atoms with Gasteiger partial charge in [-0.3, -0.25) is 14.5 Å². The maximum absolute atomic E-state index is 12.6. The van der Waals surface area contributed by atoms with Gasteiger partial charge in [0.05, 0.1) is 18.7 Å². The van der Waals surface area contributed by atoms with Crippen LogP contribution < -0.4 is 9.64 Å². The Labute approximate surface area is 153 Å². The number of rotatable bonds is 4. The predicted octanol–water partition coefficient (Wildman–Crippen LogP) is 3.95. The molecule has 128 valence electrons. The average Bonchev–Trinajstić information content (AvgIpc) is 2.87. The van der Waals surface area contributed by atoms with Crippen molar-refractivity contribution in [3.63, 3.8) is 0 Å². The third-order valence-corrected chi connectivity index (χ3v) is 4.65. The van der Waals surface area contributed by atoms with E-state index < -0.39 is 17.7 Å². The Morgan fingerprint density at radius 1 is 1.12 bits per heavy atom. The molecule has 1 atom stereocenters. The summed E-state index contributed by atoms with van der Waals surface area (Å²) < 4.78 is 6.03. The largest absolute Gasteiger partial charge is 0.503 e. The Morgan fingerprint density at radius 2 is 1.72 bits per heavy atom. The van der Waals surface area contributed by atoms with Gasteiger partial charge in [0, 0.05) is 10.2 Å². The van der Waals surface area contributed by atoms with Gasteiger partial charge in [0.1, 0.15) is 5.75 Å². The number of benzene rings is 2. The first-order chi connectivity index (χ1) is 11.9. The molecule has 25 heavy (non-hydrogen) atoms. The van der Waals surface area contributed by atoms with Crippen LogP contribution in [-0.2, 0) is 9.59 Å². The van der Waals surface area contributed by atoms with Crippen molar-refractivity contribution < 1.29 is 19.4 Å². The van der Waals surface area contributed by atoms with Crippen LogP contribution in [0.4, 0.5) is 5.69 Å². The maximum Gasteiger partial charge on any atom is 0.294 e. The van der Waals surface area contributed by atoms with E-state index in [1.165, 1.54) is 11.8 Å². The second-order valence-electron chi connectivity index (χ2n) is 5.65. The van der Waals surface area contributed by atoms with Gasteiger partial charge in [0.25, 0.3) is 5.91 Å². The molecule has 0 aliphatic carbocycles. The van der Waals surface area contributed by atoms with E-state index in [1.54, 1.807) is 55.6 Å². The molecule has 2 aromatic rings. The van der Waals surface area contributed by atoms with Gasteiger partial charge in [0.2, 0.25) is 0 Å². The molecule has 0 saturated heterocycles. The molecule has 1 aliphatic rings. The van der Waals surface area contributed by atoms with Crippen molar-refractivity contribution in [3.05, 3.63) is 69.9 Å². The summed E-state index contributed by atoms with van der Waals surface area (Å²) in [5, 5.41) is 10.3. The number of carbonyl (C=O) groups is 2. The third kappa shape index (κ3) is 3.05. The predicted molar refractivity (Wildman–Crippen MR) is 97.7 cm³/mol. The highest BCUT2D eigenvalue weighted by atomic mass is 79.9. The van der Waals surface area contributed by atoms with Gasteiger partial charge < -0.3 is 9.84 Å². The minimum Gasteiger partial charge on any atom is -0.503 e. The van der Waals surface area contributed by atoms with Crippen LogP contribution in [0.2, 0.25) is 0 Å². The molecule has 3 rings (SSSR count). The number of hydrogen-bond acceptors (Lipinski definition) is 4. The van der Waals surface area contributed by atoms with Crippen LogP contribution in [-0.4, -0.2) is 23.9 Å². The van der Waals surface area contributed by atoms with Crippen LogP contribution in [0.15, 0.2) is 64.3 Å². The first-order valence-electron chi connectivity index (χ1n) is 7.61. The maximum atomic E-state index is 12.6. The van der Waals surface area contributed by atoms with E-state index in [0.29, 0.717) is 17.0 Å². The van der Waals surface area contributed by atoms with E-state index in [0.717, 1.165) is 4.47 Å². The number of nitrogens with zero attached hydrogens (tertiary/aromatic N) is 1. The number of halogens is 1. The quantitative estimate of drug-likeness (QED) is 0.841. The van der Waals surface area contributed by atoms with Crippen molar-refractivity contribution in [2.24, 2.45) is 0 Å². The molecule has 1 N–H and O–H groups in total. The van der Waals surface area contributed by atoms with Crippen LogP contribution >= 0.6 is 15.9 Å². The number of hydrogen-bond donors (Lipinski definition) is 1. The van der Waals surface area contributed by atoms with Crippen molar-refractivity contribution in [2.75, 3.05) is 12.0 Å². The van der Waals surface area contributed by atoms with Crippen LogP contribution in [0.5, 0.6) is 5.75 Å². The third-order valence-electron chi connectivity index (χ3n) is 4.12. The van der Waals surface area contributed by atoms with Crippen molar-refractivity contribution >= 4 is 33.3 Å². The minimum atomic E-state index is -0.683. The Balaban J connectivity index is 2.13. The number of aliphatic hydroxyl groups is 1. The summed E-state index contributed by atoms with van der Waals surface area (Å²) in [5.41, 5.74) is 1.40. The number of amides is 1. The highest BCUT2D eigenvalue weighted by Crippen LogP contribution is 2.41. The van der Waals surface area contributed by atoms with Gasteiger partial charge in [-0.15, -0.1) is 0 Å². The zero-order valence-electron chi connectivity index (χ0n) is 13.7. The number of Topliss-reactive ketones (excluding diaryl/α,β-unsaturated/α-hetero) is 1. The molecule has 2 aromatic carbocycles. The first-order valence-corrected chi connectivity index (χ1v) is 8.40. The first kappa shape index (κ1) is 17.2. The Kier molecular flexibility index (Phi) is 4.63. The molecule has 0 aromatic heterocycles. The van der Waals surface area contributed by atoms with Crippen LogP contribution in [0.1, 0.15) is 18.5 Å². The molecule has 0 fully saturated rings. The molecule has 1 amide bonds. The second kappa shape index (κ2) is 6.72. The normalized spacial score (nSPS) is 17.2. The molecule has 1 heterocycles. The van der Waals surface area contributed by atoms with Gasteiger partial charge in [-0.2, -0.15) is 0 Å². The number of anilines is 1. The minimum absolute atomic E-state index is 0.0954. The molecule has 0 unspecified atom stereocenters. The molecule has 0 saturated carbocycles. The molecule has 0 spiro atoms. The summed E-state index contributed by atoms with van der Waals surface area (Å²) in [6.07, 6.45) is 0. The van der Waals surface area contributed by atoms with Gasteiger partial charge in [-0.1, -0.05) is 28.1 Å². The van der Waals surface area contributed by atoms with Crippen LogP contribution in [0.25, 0.3) is 0 Å². The number of carbonyl (C=O) groups excluding carboxylic acids is 2. The fourth-order valence-corrected chi connectivity index (χ4v) is 3.20. The van der Waals surface area contributed by atoms with E-state index in [9.17, 15) is 14.7 Å². The highest BCUT2D eigenvalue weighted by molar-refractivity contribution is 9.10. The topological polar surface area (TPSA) is 66.8 Å². The van der Waals surface area contributed by atoms with Gasteiger partial charge in [-0.25, -0.2) is 0 Å². The van der Waals surface area contributed by atoms with Crippen LogP contribution in [0.3, 0.4) is 0 Å². The summed E-state index contributed by atoms with van der Waals surface area (Å²) in [6.45, 7) is 1.35. The van der Waals surface area contributed by atoms with E-state index in [1.807, 2.05) is 0 Å². The van der Waals surface area contributed by atoms with E-state index in [4.69, 9.17) is 4.74 Å². The average molecular weight is 402 g/mol. The summed E-state index contributed by atoms with van der Waals surface area (Å²) in [7, 11) is 1.56. The molecular weight excluding hydrogens is 386 g/mol. The van der Waals surface area contributed by atoms with Gasteiger partial charge in [-0.05, 0) is 48.9 Å². The lowest BCUT2D eigenvalue weighted by Crippen LogP contribution is -2.30. The van der Waals surface area contributed by atoms with E-state index in [-0.39, 0.29) is 11.4 Å². The van der Waals surface area contributed by atoms with E-state index >= 15 is 0 Å². The Bertz CT molecular complexity index is 856. The lowest BCUT2D eigenvalue weighted by molar-refractivity contribution is -0.117. The molecule has 6 heteroatoms. The molecule has 1 aliphatic heterocycles. The monoisotopic (exact) mass is 401 g/mol. The van der Waals surface area contributed by atoms with Crippen molar-refractivity contribution in [1.29, 1.82) is 0 Å². The summed E-state index contributed by atoms with van der Waals surface area (Å²) >= 11 is 3.36. The van der Waals surface area contributed by atoms with Gasteiger partial charge in [0.15, 0.2) is 11.5 Å². The number of methoxy groups -OCH3 is 1. The van der Waals surface area contributed by atoms with Crippen molar-refractivity contribution in [1.82, 2.24) is 0 Å². The Morgan fingerprint density at radius 3 is 2.24 bits per heavy atom. The summed E-state index contributed by atoms with van der Waals surface area (Å²) in [6, 6.07) is 13.5. The lowest BCUT2D eigenvalue weighted by Gasteiger charge is -2.26. The van der Waals surface area contributed by atoms with Gasteiger partial charge >= 0.3 is 0 Å². The smallest absolute Gasteiger partial charge is 0.294 e. The molecule has 0 bridgehead atoms. The zero-order chi connectivity index (χ0) is 18.1. The summed E-state index contributed by atoms with van der Waals surface area (Å²) in [5.74, 6) is -0.767. The lowest BCUT2D eigenvalue weighted by atomic mass is 9.96. The highest BCUT2D eigenvalue weighted by Gasteiger charge is 2.43. The molecule has 5 nitrogen and oxygen atoms in total. The summed E-state index contributed by atoms with van der Waals surface area (Å²) in [4.78, 5) is 26.2. The van der Waals surface area contributed by atoms with Crippen molar-refractivity contribution in [2.45, 2.75) is 13.0 Å². The molecule has 0 radical (unpaired) electrons. The zero-order valence-corrected chi connectivity index (χ0v) is 15.3. The fraction of sp³-hybridized carbons (Fsp3) is 0.158. The SMILES string of the molecule is COc1ccc([C@@H]2C(C(C)=O)=C(O)C(=O)N2c2ccc(Br)cc2)cc1. The second-order valence-corrected chi connectivity index (χ2v) is 6.56. The number of aliphatic hydroxyl groups excluding tert-OH is 1. The van der Waals surface area contributed by atoms with E-state index in [2.05, 4.69) is 15.9 Å². The fourth-order valence-electron chi connectivity index (χ4n) is 2.93. The number of ether oxygens (including phenoxy) is 1. The van der Waals surface area contributed by atoms with Crippen molar-refractivity contribution in [3.8, 4) is 5.75 Å². The standard InChI is InChI=1S/C19H16BrNO4/c1-11(22)16-17(12-3-9-15(25-2)10-4-12)21(19(24)18(16)23)14-7-5-13(20)6-8-14/h3-10,17,23H,1-2H3/t17-/m1/s1. The number of ketones is 1.